The number of rotatable bonds is 12. The van der Waals surface area contributed by atoms with E-state index in [-0.39, 0.29) is 18.8 Å². The second-order valence-corrected chi connectivity index (χ2v) is 5.71. The molecule has 0 heterocycles. The van der Waals surface area contributed by atoms with Crippen molar-refractivity contribution in [1.29, 1.82) is 5.41 Å². The smallest absolute Gasteiger partial charge is 0.320 e. The van der Waals surface area contributed by atoms with Crippen LogP contribution in [0.3, 0.4) is 0 Å². The van der Waals surface area contributed by atoms with Gasteiger partial charge in [-0.2, -0.15) is 0 Å². The number of carboxylic acids is 3. The third kappa shape index (κ3) is 23.5. The first-order valence-electron chi connectivity index (χ1n) is 8.55. The van der Waals surface area contributed by atoms with Crippen molar-refractivity contribution in [3.8, 4) is 0 Å². The molecule has 4 atom stereocenters. The Morgan fingerprint density at radius 2 is 1.30 bits per heavy atom. The predicted molar refractivity (Wildman–Crippen MR) is 101 cm³/mol. The molecule has 0 radical (unpaired) electrons. The van der Waals surface area contributed by atoms with Crippen LogP contribution >= 0.6 is 0 Å². The van der Waals surface area contributed by atoms with Gasteiger partial charge in [0.05, 0.1) is 26.1 Å². The van der Waals surface area contributed by atoms with Crippen LogP contribution in [0.4, 0.5) is 0 Å². The number of nitrogens with two attached hydrogens (primary N) is 2. The summed E-state index contributed by atoms with van der Waals surface area (Å²) in [5, 5.41) is 76.1. The van der Waals surface area contributed by atoms with Crippen molar-refractivity contribution in [3.63, 3.8) is 0 Å². The molecule has 0 aliphatic carbocycles. The van der Waals surface area contributed by atoms with Gasteiger partial charge in [0.25, 0.3) is 0 Å². The Hall–Kier alpha value is -2.56. The number of aliphatic hydroxyl groups excluding tert-OH is 5. The van der Waals surface area contributed by atoms with E-state index in [1.807, 2.05) is 0 Å². The van der Waals surface area contributed by atoms with Crippen molar-refractivity contribution in [2.75, 3.05) is 19.8 Å². The van der Waals surface area contributed by atoms with Gasteiger partial charge in [-0.3, -0.25) is 19.8 Å². The third-order valence-electron chi connectivity index (χ3n) is 3.04. The lowest BCUT2D eigenvalue weighted by Gasteiger charge is -2.19. The molecule has 0 bridgehead atoms. The molecule has 0 aromatic heterocycles. The number of aliphatic carboxylic acids is 3. The molecule has 0 saturated carbocycles. The molecule has 15 nitrogen and oxygen atoms in total. The zero-order valence-corrected chi connectivity index (χ0v) is 16.2. The lowest BCUT2D eigenvalue weighted by atomic mass is 10.1. The lowest BCUT2D eigenvalue weighted by molar-refractivity contribution is -0.143. The highest BCUT2D eigenvalue weighted by molar-refractivity contribution is 5.75. The SMILES string of the molecule is N=C(N)NCCCC(N)C(=O)O.O=C(O)CCC(=O)O.OC[C@@H](O)[C@H](O)[C@@H](O)CO. The summed E-state index contributed by atoms with van der Waals surface area (Å²) in [4.78, 5) is 29.5. The molecule has 1 unspecified atom stereocenters. The Balaban J connectivity index is -0.000000372. The van der Waals surface area contributed by atoms with Crippen LogP contribution in [0.5, 0.6) is 0 Å². The molecule has 0 rings (SSSR count). The van der Waals surface area contributed by atoms with E-state index in [0.717, 1.165) is 0 Å². The summed E-state index contributed by atoms with van der Waals surface area (Å²) in [5.41, 5.74) is 10.2. The van der Waals surface area contributed by atoms with Gasteiger partial charge in [-0.25, -0.2) is 0 Å². The van der Waals surface area contributed by atoms with Gasteiger partial charge in [0.2, 0.25) is 0 Å². The molecule has 30 heavy (non-hydrogen) atoms. The predicted octanol–water partition coefficient (Wildman–Crippen LogP) is -4.35. The highest BCUT2D eigenvalue weighted by Gasteiger charge is 2.22. The maximum atomic E-state index is 10.2. The van der Waals surface area contributed by atoms with Crippen LogP contribution < -0.4 is 16.8 Å². The Bertz CT molecular complexity index is 483. The first-order valence-corrected chi connectivity index (χ1v) is 8.55. The molecular weight excluding hydrogens is 412 g/mol. The second-order valence-electron chi connectivity index (χ2n) is 5.71. The molecule has 0 fully saturated rings. The number of carboxylic acid groups (broad SMARTS) is 3. The molecule has 15 heteroatoms. The Morgan fingerprint density at radius 3 is 1.57 bits per heavy atom. The Kier molecular flexibility index (Phi) is 21.1. The molecule has 178 valence electrons. The normalized spacial score (nSPS) is 13.8. The quantitative estimate of drug-likeness (QED) is 0.0769. The monoisotopic (exact) mass is 444 g/mol. The summed E-state index contributed by atoms with van der Waals surface area (Å²) in [6.07, 6.45) is -3.91. The molecule has 0 spiro atoms. The van der Waals surface area contributed by atoms with Gasteiger partial charge in [0, 0.05) is 6.54 Å². The van der Waals surface area contributed by atoms with Gasteiger partial charge in [-0.1, -0.05) is 0 Å². The molecule has 0 amide bonds. The van der Waals surface area contributed by atoms with E-state index in [9.17, 15) is 14.4 Å². The Morgan fingerprint density at radius 1 is 0.900 bits per heavy atom. The summed E-state index contributed by atoms with van der Waals surface area (Å²) in [7, 11) is 0. The molecule has 0 aliphatic rings. The lowest BCUT2D eigenvalue weighted by Crippen LogP contribution is -2.41. The summed E-state index contributed by atoms with van der Waals surface area (Å²) >= 11 is 0. The zero-order chi connectivity index (χ0) is 24.3. The van der Waals surface area contributed by atoms with Crippen LogP contribution in [-0.2, 0) is 14.4 Å². The molecular formula is C15H32N4O11. The van der Waals surface area contributed by atoms with E-state index in [0.29, 0.717) is 19.4 Å². The number of guanidine groups is 1. The fourth-order valence-corrected chi connectivity index (χ4v) is 1.35. The van der Waals surface area contributed by atoms with Crippen LogP contribution in [0.1, 0.15) is 25.7 Å². The first-order chi connectivity index (χ1) is 13.8. The summed E-state index contributed by atoms with van der Waals surface area (Å²) in [6, 6.07) is -0.821. The van der Waals surface area contributed by atoms with Gasteiger partial charge < -0.3 is 57.6 Å². The minimum absolute atomic E-state index is 0.112. The average molecular weight is 444 g/mol. The number of hydrogen-bond donors (Lipinski definition) is 12. The minimum Gasteiger partial charge on any atom is -0.481 e. The number of nitrogens with one attached hydrogen (secondary N) is 2. The van der Waals surface area contributed by atoms with E-state index in [2.05, 4.69) is 5.32 Å². The van der Waals surface area contributed by atoms with Gasteiger partial charge in [-0.15, -0.1) is 0 Å². The van der Waals surface area contributed by atoms with Crippen molar-refractivity contribution in [3.05, 3.63) is 0 Å². The van der Waals surface area contributed by atoms with Gasteiger partial charge in [0.15, 0.2) is 5.96 Å². The van der Waals surface area contributed by atoms with Crippen molar-refractivity contribution in [2.45, 2.75) is 50.0 Å². The van der Waals surface area contributed by atoms with Gasteiger partial charge in [-0.05, 0) is 12.8 Å². The van der Waals surface area contributed by atoms with Crippen LogP contribution in [0.15, 0.2) is 0 Å². The molecule has 0 aromatic rings. The standard InChI is InChI=1S/C6H14N4O2.C5H12O5.C4H6O4/c7-4(5(11)12)2-1-3-10-6(8)9;6-1-3(8)5(10)4(9)2-7;5-3(6)1-2-4(7)8/h4H,1-3,7H2,(H,11,12)(H4,8,9,10);3-10H,1-2H2;1-2H2,(H,5,6)(H,7,8)/t;3-,4+,5+;. The maximum absolute atomic E-state index is 10.2. The summed E-state index contributed by atoms with van der Waals surface area (Å²) in [5.74, 6) is -3.27. The van der Waals surface area contributed by atoms with Crippen LogP contribution in [0, 0.1) is 5.41 Å². The van der Waals surface area contributed by atoms with Crippen LogP contribution in [0.25, 0.3) is 0 Å². The van der Waals surface area contributed by atoms with E-state index in [4.69, 9.17) is 57.7 Å². The van der Waals surface area contributed by atoms with E-state index >= 15 is 0 Å². The zero-order valence-electron chi connectivity index (χ0n) is 16.2. The highest BCUT2D eigenvalue weighted by Crippen LogP contribution is 1.98. The van der Waals surface area contributed by atoms with Crippen LogP contribution in [-0.4, -0.2) is 109 Å². The van der Waals surface area contributed by atoms with Gasteiger partial charge >= 0.3 is 17.9 Å². The number of hydrogen-bond acceptors (Lipinski definition) is 10. The topological polar surface area (TPSA) is 301 Å². The summed E-state index contributed by atoms with van der Waals surface area (Å²) in [6.45, 7) is -0.799. The van der Waals surface area contributed by atoms with Gasteiger partial charge in [0.1, 0.15) is 24.4 Å². The highest BCUT2D eigenvalue weighted by atomic mass is 16.4. The van der Waals surface area contributed by atoms with Crippen molar-refractivity contribution in [1.82, 2.24) is 5.32 Å². The molecule has 14 N–H and O–H groups in total. The first kappa shape index (κ1) is 32.1. The number of carbonyl (C=O) groups is 3. The maximum Gasteiger partial charge on any atom is 0.320 e. The van der Waals surface area contributed by atoms with Crippen molar-refractivity contribution < 1.29 is 55.2 Å². The third-order valence-corrected chi connectivity index (χ3v) is 3.04. The van der Waals surface area contributed by atoms with Crippen LogP contribution in [0.2, 0.25) is 0 Å². The van der Waals surface area contributed by atoms with E-state index in [1.165, 1.54) is 0 Å². The minimum atomic E-state index is -1.49. The largest absolute Gasteiger partial charge is 0.481 e. The van der Waals surface area contributed by atoms with E-state index < -0.39 is 55.5 Å². The molecule has 0 aromatic carbocycles. The van der Waals surface area contributed by atoms with Crippen molar-refractivity contribution >= 4 is 23.9 Å². The fourth-order valence-electron chi connectivity index (χ4n) is 1.35. The molecule has 0 aliphatic heterocycles. The second kappa shape index (κ2) is 19.7. The molecule has 0 saturated heterocycles. The summed E-state index contributed by atoms with van der Waals surface area (Å²) < 4.78 is 0. The van der Waals surface area contributed by atoms with Crippen molar-refractivity contribution in [2.24, 2.45) is 11.5 Å². The van der Waals surface area contributed by atoms with E-state index in [1.54, 1.807) is 0 Å². The Labute approximate surface area is 172 Å². The number of aliphatic hydroxyl groups is 5. The fraction of sp³-hybridized carbons (Fsp3) is 0.733. The average Bonchev–Trinajstić information content (AvgIpc) is 2.68.